The molecule has 0 fully saturated rings. The van der Waals surface area contributed by atoms with Crippen molar-refractivity contribution in [2.75, 3.05) is 33.4 Å². The molecule has 3 aromatic rings. The largest absolute Gasteiger partial charge is 0.493 e. The van der Waals surface area contributed by atoms with Gasteiger partial charge in [0.1, 0.15) is 0 Å². The van der Waals surface area contributed by atoms with Crippen molar-refractivity contribution in [1.29, 1.82) is 0 Å². The zero-order valence-corrected chi connectivity index (χ0v) is 20.4. The molecule has 4 rings (SSSR count). The van der Waals surface area contributed by atoms with E-state index in [1.807, 2.05) is 77.8 Å². The number of ether oxygens (including phenoxy) is 4. The standard InChI is InChI=1S/C27H27ClN2O4/c1-31-24-9-5-7-18(26(24)33-3)11-14-20-17-23(22-8-6-10-25(32-2)27(22)34-4)30(29-20)21-15-12-19(28)13-16-21/h5-16,23H,17H2,1-4H3/b14-11+/t23-/m0/s1. The number of nitrogens with zero attached hydrogens (tertiary/aromatic N) is 2. The van der Waals surface area contributed by atoms with Crippen LogP contribution in [0.2, 0.25) is 5.02 Å². The van der Waals surface area contributed by atoms with Gasteiger partial charge in [-0.05, 0) is 48.6 Å². The molecule has 0 bridgehead atoms. The number of hydrogen-bond acceptors (Lipinski definition) is 6. The molecule has 0 saturated carbocycles. The summed E-state index contributed by atoms with van der Waals surface area (Å²) in [5.41, 5.74) is 3.74. The maximum Gasteiger partial charge on any atom is 0.167 e. The summed E-state index contributed by atoms with van der Waals surface area (Å²) in [6.07, 6.45) is 4.67. The fourth-order valence-corrected chi connectivity index (χ4v) is 4.24. The number of anilines is 1. The van der Waals surface area contributed by atoms with Gasteiger partial charge in [-0.15, -0.1) is 0 Å². The number of benzene rings is 3. The van der Waals surface area contributed by atoms with Gasteiger partial charge in [-0.25, -0.2) is 0 Å². The van der Waals surface area contributed by atoms with Crippen LogP contribution in [0.1, 0.15) is 23.6 Å². The van der Waals surface area contributed by atoms with Crippen LogP contribution >= 0.6 is 11.6 Å². The molecule has 1 atom stereocenters. The minimum Gasteiger partial charge on any atom is -0.493 e. The molecule has 0 N–H and O–H groups in total. The summed E-state index contributed by atoms with van der Waals surface area (Å²) in [6.45, 7) is 0. The lowest BCUT2D eigenvalue weighted by molar-refractivity contribution is 0.349. The summed E-state index contributed by atoms with van der Waals surface area (Å²) in [4.78, 5) is 0. The zero-order chi connectivity index (χ0) is 24.1. The molecule has 1 aliphatic heterocycles. The molecule has 0 spiro atoms. The SMILES string of the molecule is COc1cccc(/C=C/C2=NN(c3ccc(Cl)cc3)[C@H](c3cccc(OC)c3OC)C2)c1OC. The third-order valence-corrected chi connectivity index (χ3v) is 5.96. The van der Waals surface area contributed by atoms with Gasteiger partial charge in [-0.3, -0.25) is 5.01 Å². The molecule has 3 aromatic carbocycles. The predicted octanol–water partition coefficient (Wildman–Crippen LogP) is 6.40. The average Bonchev–Trinajstić information content (AvgIpc) is 3.30. The van der Waals surface area contributed by atoms with Gasteiger partial charge in [0.15, 0.2) is 23.0 Å². The first-order valence-electron chi connectivity index (χ1n) is 10.8. The van der Waals surface area contributed by atoms with Gasteiger partial charge < -0.3 is 18.9 Å². The third-order valence-electron chi connectivity index (χ3n) is 5.71. The number of allylic oxidation sites excluding steroid dienone is 1. The van der Waals surface area contributed by atoms with Crippen LogP contribution in [-0.4, -0.2) is 34.2 Å². The summed E-state index contributed by atoms with van der Waals surface area (Å²) < 4.78 is 22.2. The van der Waals surface area contributed by atoms with E-state index in [0.29, 0.717) is 34.4 Å². The second kappa shape index (κ2) is 10.5. The highest BCUT2D eigenvalue weighted by atomic mass is 35.5. The van der Waals surface area contributed by atoms with Crippen LogP contribution in [0.5, 0.6) is 23.0 Å². The molecule has 1 aliphatic rings. The number of hydrogen-bond donors (Lipinski definition) is 0. The Morgan fingerprint density at radius 3 is 2.09 bits per heavy atom. The van der Waals surface area contributed by atoms with Gasteiger partial charge in [0.05, 0.1) is 45.9 Å². The lowest BCUT2D eigenvalue weighted by Crippen LogP contribution is -2.19. The minimum atomic E-state index is -0.0851. The first-order chi connectivity index (χ1) is 16.6. The topological polar surface area (TPSA) is 52.5 Å². The van der Waals surface area contributed by atoms with Crippen molar-refractivity contribution in [3.05, 3.63) is 82.9 Å². The van der Waals surface area contributed by atoms with E-state index in [4.69, 9.17) is 35.6 Å². The molecule has 0 aromatic heterocycles. The molecular formula is C27H27ClN2O4. The highest BCUT2D eigenvalue weighted by Gasteiger charge is 2.31. The van der Waals surface area contributed by atoms with Crippen molar-refractivity contribution < 1.29 is 18.9 Å². The Kier molecular flexibility index (Phi) is 7.28. The predicted molar refractivity (Wildman–Crippen MR) is 137 cm³/mol. The van der Waals surface area contributed by atoms with Crippen LogP contribution in [0.4, 0.5) is 5.69 Å². The van der Waals surface area contributed by atoms with E-state index >= 15 is 0 Å². The van der Waals surface area contributed by atoms with Gasteiger partial charge >= 0.3 is 0 Å². The molecule has 0 unspecified atom stereocenters. The molecule has 0 amide bonds. The van der Waals surface area contributed by atoms with Gasteiger partial charge in [-0.1, -0.05) is 35.9 Å². The van der Waals surface area contributed by atoms with Crippen LogP contribution in [-0.2, 0) is 0 Å². The normalized spacial score (nSPS) is 15.4. The van der Waals surface area contributed by atoms with Crippen molar-refractivity contribution in [1.82, 2.24) is 0 Å². The lowest BCUT2D eigenvalue weighted by atomic mass is 9.99. The number of hydrazone groups is 1. The molecular weight excluding hydrogens is 452 g/mol. The number of halogens is 1. The Balaban J connectivity index is 1.73. The second-order valence-corrected chi connectivity index (χ2v) is 8.07. The average molecular weight is 479 g/mol. The molecule has 34 heavy (non-hydrogen) atoms. The van der Waals surface area contributed by atoms with Crippen molar-refractivity contribution in [2.24, 2.45) is 5.10 Å². The van der Waals surface area contributed by atoms with Crippen LogP contribution < -0.4 is 24.0 Å². The van der Waals surface area contributed by atoms with E-state index in [9.17, 15) is 0 Å². The Morgan fingerprint density at radius 2 is 1.44 bits per heavy atom. The quantitative estimate of drug-likeness (QED) is 0.375. The van der Waals surface area contributed by atoms with Gasteiger partial charge in [-0.2, -0.15) is 5.10 Å². The first-order valence-corrected chi connectivity index (χ1v) is 11.2. The summed E-state index contributed by atoms with van der Waals surface area (Å²) in [5, 5.41) is 7.61. The maximum absolute atomic E-state index is 6.13. The Morgan fingerprint density at radius 1 is 0.794 bits per heavy atom. The summed E-state index contributed by atoms with van der Waals surface area (Å²) >= 11 is 6.13. The van der Waals surface area contributed by atoms with E-state index in [1.54, 1.807) is 28.4 Å². The van der Waals surface area contributed by atoms with Crippen molar-refractivity contribution in [3.8, 4) is 23.0 Å². The lowest BCUT2D eigenvalue weighted by Gasteiger charge is -2.26. The van der Waals surface area contributed by atoms with Crippen LogP contribution in [0.15, 0.2) is 71.8 Å². The van der Waals surface area contributed by atoms with Gasteiger partial charge in [0.25, 0.3) is 0 Å². The smallest absolute Gasteiger partial charge is 0.167 e. The second-order valence-electron chi connectivity index (χ2n) is 7.63. The number of methoxy groups -OCH3 is 4. The van der Waals surface area contributed by atoms with E-state index in [-0.39, 0.29) is 6.04 Å². The molecule has 1 heterocycles. The molecule has 6 nitrogen and oxygen atoms in total. The Bertz CT molecular complexity index is 1210. The van der Waals surface area contributed by atoms with E-state index in [1.165, 1.54) is 0 Å². The first kappa shape index (κ1) is 23.5. The van der Waals surface area contributed by atoms with Crippen LogP contribution in [0.25, 0.3) is 6.08 Å². The number of para-hydroxylation sites is 2. The van der Waals surface area contributed by atoms with Crippen molar-refractivity contribution in [2.45, 2.75) is 12.5 Å². The monoisotopic (exact) mass is 478 g/mol. The summed E-state index contributed by atoms with van der Waals surface area (Å²) in [7, 11) is 6.55. The fourth-order valence-electron chi connectivity index (χ4n) is 4.11. The summed E-state index contributed by atoms with van der Waals surface area (Å²) in [6, 6.07) is 19.2. The Labute approximate surface area is 205 Å². The third kappa shape index (κ3) is 4.68. The van der Waals surface area contributed by atoms with E-state index in [0.717, 1.165) is 22.5 Å². The van der Waals surface area contributed by atoms with Crippen LogP contribution in [0, 0.1) is 0 Å². The van der Waals surface area contributed by atoms with Gasteiger partial charge in [0, 0.05) is 22.6 Å². The minimum absolute atomic E-state index is 0.0851. The fraction of sp³-hybridized carbons (Fsp3) is 0.222. The maximum atomic E-state index is 6.13. The van der Waals surface area contributed by atoms with E-state index in [2.05, 4.69) is 0 Å². The molecule has 7 heteroatoms. The van der Waals surface area contributed by atoms with Crippen LogP contribution in [0.3, 0.4) is 0 Å². The van der Waals surface area contributed by atoms with Gasteiger partial charge in [0.2, 0.25) is 0 Å². The molecule has 0 radical (unpaired) electrons. The highest BCUT2D eigenvalue weighted by molar-refractivity contribution is 6.30. The summed E-state index contributed by atoms with van der Waals surface area (Å²) in [5.74, 6) is 2.74. The Hall–Kier alpha value is -3.64. The molecule has 176 valence electrons. The van der Waals surface area contributed by atoms with Crippen molar-refractivity contribution >= 4 is 29.1 Å². The van der Waals surface area contributed by atoms with Crippen molar-refractivity contribution in [3.63, 3.8) is 0 Å². The highest BCUT2D eigenvalue weighted by Crippen LogP contribution is 2.43. The van der Waals surface area contributed by atoms with E-state index < -0.39 is 0 Å². The number of rotatable bonds is 8. The zero-order valence-electron chi connectivity index (χ0n) is 19.6. The molecule has 0 aliphatic carbocycles. The molecule has 0 saturated heterocycles.